The number of likely N-dealkylation sites (N-methyl/N-ethyl adjacent to an activating group) is 1. The van der Waals surface area contributed by atoms with Gasteiger partial charge in [0.05, 0.1) is 30.0 Å². The Kier molecular flexibility index (Phi) is 6.81. The SMILES string of the molecule is Cc1cccc(C)c1NC(=O)CNC(=O)C(C)N(C)Cc1nc2ccccc2c(=O)[nH]1. The Morgan fingerprint density at radius 3 is 2.48 bits per heavy atom. The van der Waals surface area contributed by atoms with Gasteiger partial charge in [-0.15, -0.1) is 0 Å². The van der Waals surface area contributed by atoms with Crippen LogP contribution in [0.3, 0.4) is 0 Å². The zero-order valence-electron chi connectivity index (χ0n) is 18.2. The predicted octanol–water partition coefficient (Wildman–Crippen LogP) is 2.12. The number of hydrogen-bond donors (Lipinski definition) is 3. The highest BCUT2D eigenvalue weighted by Gasteiger charge is 2.20. The van der Waals surface area contributed by atoms with E-state index in [1.54, 1.807) is 37.1 Å². The molecule has 8 heteroatoms. The van der Waals surface area contributed by atoms with Crippen LogP contribution in [0.5, 0.6) is 0 Å². The first kappa shape index (κ1) is 22.2. The Labute approximate surface area is 180 Å². The Morgan fingerprint density at radius 2 is 1.77 bits per heavy atom. The Bertz CT molecular complexity index is 1150. The van der Waals surface area contributed by atoms with Gasteiger partial charge in [-0.2, -0.15) is 0 Å². The van der Waals surface area contributed by atoms with Crippen molar-refractivity contribution in [1.82, 2.24) is 20.2 Å². The zero-order chi connectivity index (χ0) is 22.5. The fourth-order valence-corrected chi connectivity index (χ4v) is 3.29. The molecule has 3 aromatic rings. The van der Waals surface area contributed by atoms with Crippen LogP contribution in [-0.2, 0) is 16.1 Å². The average Bonchev–Trinajstić information content (AvgIpc) is 2.74. The molecule has 8 nitrogen and oxygen atoms in total. The zero-order valence-corrected chi connectivity index (χ0v) is 18.2. The first-order chi connectivity index (χ1) is 14.8. The molecule has 0 aliphatic carbocycles. The van der Waals surface area contributed by atoms with Gasteiger partial charge in [-0.3, -0.25) is 19.3 Å². The highest BCUT2D eigenvalue weighted by molar-refractivity contribution is 5.96. The fourth-order valence-electron chi connectivity index (χ4n) is 3.29. The molecule has 0 fully saturated rings. The quantitative estimate of drug-likeness (QED) is 0.542. The van der Waals surface area contributed by atoms with Gasteiger partial charge in [-0.1, -0.05) is 30.3 Å². The van der Waals surface area contributed by atoms with Gasteiger partial charge in [0.25, 0.3) is 5.56 Å². The number of rotatable bonds is 7. The van der Waals surface area contributed by atoms with Crippen molar-refractivity contribution in [2.45, 2.75) is 33.4 Å². The van der Waals surface area contributed by atoms with E-state index >= 15 is 0 Å². The van der Waals surface area contributed by atoms with Crippen LogP contribution in [0.15, 0.2) is 47.3 Å². The number of anilines is 1. The second-order valence-electron chi connectivity index (χ2n) is 7.65. The van der Waals surface area contributed by atoms with E-state index < -0.39 is 6.04 Å². The molecule has 3 rings (SSSR count). The molecule has 1 atom stereocenters. The van der Waals surface area contributed by atoms with Crippen molar-refractivity contribution < 1.29 is 9.59 Å². The molecule has 1 aromatic heterocycles. The summed E-state index contributed by atoms with van der Waals surface area (Å²) in [4.78, 5) is 46.0. The van der Waals surface area contributed by atoms with Crippen molar-refractivity contribution in [2.75, 3.05) is 18.9 Å². The normalized spacial score (nSPS) is 12.0. The molecule has 0 bridgehead atoms. The van der Waals surface area contributed by atoms with Crippen LogP contribution in [0.2, 0.25) is 0 Å². The molecule has 0 aliphatic rings. The molecule has 0 radical (unpaired) electrons. The third kappa shape index (κ3) is 5.35. The van der Waals surface area contributed by atoms with Crippen molar-refractivity contribution in [2.24, 2.45) is 0 Å². The number of para-hydroxylation sites is 2. The van der Waals surface area contributed by atoms with E-state index in [4.69, 9.17) is 0 Å². The van der Waals surface area contributed by atoms with Crippen molar-refractivity contribution in [3.8, 4) is 0 Å². The van der Waals surface area contributed by atoms with E-state index in [1.807, 2.05) is 38.1 Å². The molecule has 0 spiro atoms. The summed E-state index contributed by atoms with van der Waals surface area (Å²) in [7, 11) is 1.76. The summed E-state index contributed by atoms with van der Waals surface area (Å²) in [5, 5.41) is 6.03. The summed E-state index contributed by atoms with van der Waals surface area (Å²) < 4.78 is 0. The molecule has 3 N–H and O–H groups in total. The van der Waals surface area contributed by atoms with Crippen molar-refractivity contribution >= 4 is 28.4 Å². The monoisotopic (exact) mass is 421 g/mol. The minimum absolute atomic E-state index is 0.129. The van der Waals surface area contributed by atoms with Crippen molar-refractivity contribution in [1.29, 1.82) is 0 Å². The van der Waals surface area contributed by atoms with Crippen LogP contribution in [-0.4, -0.2) is 46.3 Å². The maximum atomic E-state index is 12.5. The highest BCUT2D eigenvalue weighted by Crippen LogP contribution is 2.19. The maximum Gasteiger partial charge on any atom is 0.258 e. The van der Waals surface area contributed by atoms with Crippen LogP contribution >= 0.6 is 0 Å². The molecule has 1 unspecified atom stereocenters. The predicted molar refractivity (Wildman–Crippen MR) is 121 cm³/mol. The smallest absolute Gasteiger partial charge is 0.258 e. The number of hydrogen-bond acceptors (Lipinski definition) is 5. The number of aromatic nitrogens is 2. The van der Waals surface area contributed by atoms with Gasteiger partial charge in [-0.25, -0.2) is 4.98 Å². The first-order valence-corrected chi connectivity index (χ1v) is 10.1. The standard InChI is InChI=1S/C23H27N5O3/c1-14-8-7-9-15(2)21(14)27-20(29)12-24-22(30)16(3)28(4)13-19-25-18-11-6-5-10-17(18)23(31)26-19/h5-11,16H,12-13H2,1-4H3,(H,24,30)(H,27,29)(H,25,26,31). The molecule has 2 aromatic carbocycles. The molecule has 0 aliphatic heterocycles. The van der Waals surface area contributed by atoms with E-state index in [0.717, 1.165) is 16.8 Å². The minimum Gasteiger partial charge on any atom is -0.346 e. The van der Waals surface area contributed by atoms with Crippen LogP contribution in [0.25, 0.3) is 10.9 Å². The van der Waals surface area contributed by atoms with Crippen molar-refractivity contribution in [3.05, 3.63) is 69.8 Å². The molecule has 1 heterocycles. The van der Waals surface area contributed by atoms with Crippen LogP contribution in [0.1, 0.15) is 23.9 Å². The molecule has 31 heavy (non-hydrogen) atoms. The summed E-state index contributed by atoms with van der Waals surface area (Å²) >= 11 is 0. The van der Waals surface area contributed by atoms with Gasteiger partial charge in [0, 0.05) is 5.69 Å². The third-order valence-corrected chi connectivity index (χ3v) is 5.27. The number of benzene rings is 2. The van der Waals surface area contributed by atoms with Gasteiger partial charge >= 0.3 is 0 Å². The van der Waals surface area contributed by atoms with Gasteiger partial charge in [-0.05, 0) is 51.1 Å². The lowest BCUT2D eigenvalue weighted by atomic mass is 10.1. The molecule has 162 valence electrons. The summed E-state index contributed by atoms with van der Waals surface area (Å²) in [6.07, 6.45) is 0. The second-order valence-corrected chi connectivity index (χ2v) is 7.65. The number of carbonyl (C=O) groups is 2. The number of nitrogens with one attached hydrogen (secondary N) is 3. The van der Waals surface area contributed by atoms with E-state index in [9.17, 15) is 14.4 Å². The van der Waals surface area contributed by atoms with Crippen LogP contribution in [0.4, 0.5) is 5.69 Å². The average molecular weight is 422 g/mol. The number of aromatic amines is 1. The van der Waals surface area contributed by atoms with E-state index in [1.165, 1.54) is 0 Å². The highest BCUT2D eigenvalue weighted by atomic mass is 16.2. The van der Waals surface area contributed by atoms with E-state index in [0.29, 0.717) is 16.7 Å². The summed E-state index contributed by atoms with van der Waals surface area (Å²) in [5.74, 6) is -0.109. The Morgan fingerprint density at radius 1 is 1.10 bits per heavy atom. The number of amides is 2. The molecular weight excluding hydrogens is 394 g/mol. The lowest BCUT2D eigenvalue weighted by Gasteiger charge is -2.23. The Hall–Kier alpha value is -3.52. The largest absolute Gasteiger partial charge is 0.346 e. The number of nitrogens with zero attached hydrogens (tertiary/aromatic N) is 2. The van der Waals surface area contributed by atoms with Gasteiger partial charge in [0.15, 0.2) is 0 Å². The minimum atomic E-state index is -0.523. The maximum absolute atomic E-state index is 12.5. The number of aryl methyl sites for hydroxylation is 2. The van der Waals surface area contributed by atoms with Crippen LogP contribution in [0, 0.1) is 13.8 Å². The molecule has 0 saturated carbocycles. The van der Waals surface area contributed by atoms with Crippen molar-refractivity contribution in [3.63, 3.8) is 0 Å². The second kappa shape index (κ2) is 9.53. The number of carbonyl (C=O) groups excluding carboxylic acids is 2. The summed E-state index contributed by atoms with van der Waals surface area (Å²) in [6, 6.07) is 12.3. The fraction of sp³-hybridized carbons (Fsp3) is 0.304. The number of H-pyrrole nitrogens is 1. The Balaban J connectivity index is 1.57. The van der Waals surface area contributed by atoms with E-state index in [2.05, 4.69) is 20.6 Å². The third-order valence-electron chi connectivity index (χ3n) is 5.27. The summed E-state index contributed by atoms with van der Waals surface area (Å²) in [6.45, 7) is 5.73. The topological polar surface area (TPSA) is 107 Å². The van der Waals surface area contributed by atoms with Crippen LogP contribution < -0.4 is 16.2 Å². The lowest BCUT2D eigenvalue weighted by molar-refractivity contribution is -0.127. The number of fused-ring (bicyclic) bond motifs is 1. The van der Waals surface area contributed by atoms with Gasteiger partial charge in [0.1, 0.15) is 5.82 Å². The molecular formula is C23H27N5O3. The lowest BCUT2D eigenvalue weighted by Crippen LogP contribution is -2.45. The van der Waals surface area contributed by atoms with Gasteiger partial charge in [0.2, 0.25) is 11.8 Å². The van der Waals surface area contributed by atoms with Gasteiger partial charge < -0.3 is 15.6 Å². The summed E-state index contributed by atoms with van der Waals surface area (Å²) in [5.41, 5.74) is 3.08. The first-order valence-electron chi connectivity index (χ1n) is 10.1. The van der Waals surface area contributed by atoms with E-state index in [-0.39, 0.29) is 30.5 Å². The molecule has 0 saturated heterocycles. The molecule has 2 amide bonds.